The molecule has 0 saturated carbocycles. The van der Waals surface area contributed by atoms with E-state index in [2.05, 4.69) is 69.6 Å². The van der Waals surface area contributed by atoms with Gasteiger partial charge in [0, 0.05) is 22.6 Å². The maximum atomic E-state index is 2.43. The van der Waals surface area contributed by atoms with Crippen LogP contribution in [0.1, 0.15) is 12.5 Å². The molecule has 0 bridgehead atoms. The van der Waals surface area contributed by atoms with Gasteiger partial charge in [0.2, 0.25) is 0 Å². The SMILES string of the molecule is CCc1ccc(I)c2scc(I)c12. The van der Waals surface area contributed by atoms with Gasteiger partial charge in [-0.1, -0.05) is 13.0 Å². The van der Waals surface area contributed by atoms with Crippen molar-refractivity contribution in [1.82, 2.24) is 0 Å². The molecule has 1 aromatic carbocycles. The molecule has 0 amide bonds. The summed E-state index contributed by atoms with van der Waals surface area (Å²) in [4.78, 5) is 0. The Morgan fingerprint density at radius 3 is 2.69 bits per heavy atom. The number of halogens is 2. The van der Waals surface area contributed by atoms with Crippen molar-refractivity contribution in [3.8, 4) is 0 Å². The minimum atomic E-state index is 1.13. The van der Waals surface area contributed by atoms with Crippen LogP contribution in [0.25, 0.3) is 10.1 Å². The van der Waals surface area contributed by atoms with Crippen molar-refractivity contribution in [3.63, 3.8) is 0 Å². The lowest BCUT2D eigenvalue weighted by Crippen LogP contribution is -1.83. The number of aryl methyl sites for hydroxylation is 1. The zero-order valence-electron chi connectivity index (χ0n) is 7.10. The fourth-order valence-electron chi connectivity index (χ4n) is 1.44. The summed E-state index contributed by atoms with van der Waals surface area (Å²) in [5.74, 6) is 0. The molecule has 0 atom stereocenters. The first-order valence-electron chi connectivity index (χ1n) is 4.08. The summed E-state index contributed by atoms with van der Waals surface area (Å²) < 4.78 is 4.22. The molecule has 0 aliphatic rings. The zero-order chi connectivity index (χ0) is 9.42. The van der Waals surface area contributed by atoms with E-state index in [1.807, 2.05) is 11.3 Å². The summed E-state index contributed by atoms with van der Waals surface area (Å²) in [6.45, 7) is 2.22. The Morgan fingerprint density at radius 2 is 2.00 bits per heavy atom. The molecule has 13 heavy (non-hydrogen) atoms. The predicted molar refractivity (Wildman–Crippen MR) is 76.6 cm³/mol. The van der Waals surface area contributed by atoms with Gasteiger partial charge in [0.05, 0.1) is 0 Å². The normalized spacial score (nSPS) is 11.0. The summed E-state index contributed by atoms with van der Waals surface area (Å²) in [6.07, 6.45) is 1.13. The number of thiophene rings is 1. The van der Waals surface area contributed by atoms with Gasteiger partial charge in [0.25, 0.3) is 0 Å². The number of benzene rings is 1. The summed E-state index contributed by atoms with van der Waals surface area (Å²) >= 11 is 6.69. The van der Waals surface area contributed by atoms with Crippen LogP contribution in [0, 0.1) is 7.14 Å². The van der Waals surface area contributed by atoms with Crippen LogP contribution in [0.5, 0.6) is 0 Å². The first-order valence-corrected chi connectivity index (χ1v) is 7.11. The highest BCUT2D eigenvalue weighted by atomic mass is 127. The highest BCUT2D eigenvalue weighted by Crippen LogP contribution is 2.33. The molecule has 0 aliphatic carbocycles. The van der Waals surface area contributed by atoms with Crippen molar-refractivity contribution in [1.29, 1.82) is 0 Å². The van der Waals surface area contributed by atoms with E-state index in [1.54, 1.807) is 0 Å². The fraction of sp³-hybridized carbons (Fsp3) is 0.200. The number of rotatable bonds is 1. The molecule has 2 aromatic rings. The number of hydrogen-bond donors (Lipinski definition) is 0. The summed E-state index contributed by atoms with van der Waals surface area (Å²) in [6, 6.07) is 4.47. The Morgan fingerprint density at radius 1 is 1.23 bits per heavy atom. The second-order valence-electron chi connectivity index (χ2n) is 2.85. The minimum absolute atomic E-state index is 1.13. The third-order valence-corrected chi connectivity index (χ3v) is 5.65. The van der Waals surface area contributed by atoms with Crippen molar-refractivity contribution in [2.24, 2.45) is 0 Å². The van der Waals surface area contributed by atoms with Crippen molar-refractivity contribution in [2.75, 3.05) is 0 Å². The van der Waals surface area contributed by atoms with Crippen LogP contribution in [-0.4, -0.2) is 0 Å². The number of hydrogen-bond acceptors (Lipinski definition) is 1. The molecule has 3 heteroatoms. The van der Waals surface area contributed by atoms with E-state index in [4.69, 9.17) is 0 Å². The topological polar surface area (TPSA) is 0 Å². The van der Waals surface area contributed by atoms with Gasteiger partial charge in [-0.25, -0.2) is 0 Å². The molecular formula is C10H8I2S. The quantitative estimate of drug-likeness (QED) is 0.596. The molecule has 2 rings (SSSR count). The smallest absolute Gasteiger partial charge is 0.0489 e. The highest BCUT2D eigenvalue weighted by molar-refractivity contribution is 14.1. The Bertz CT molecular complexity index is 445. The second kappa shape index (κ2) is 4.02. The molecule has 0 saturated heterocycles. The van der Waals surface area contributed by atoms with Crippen molar-refractivity contribution < 1.29 is 0 Å². The molecule has 1 aromatic heterocycles. The van der Waals surface area contributed by atoms with E-state index >= 15 is 0 Å². The Balaban J connectivity index is 2.88. The molecular weight excluding hydrogens is 406 g/mol. The molecule has 0 unspecified atom stereocenters. The molecule has 0 nitrogen and oxygen atoms in total. The van der Waals surface area contributed by atoms with Gasteiger partial charge in [-0.15, -0.1) is 11.3 Å². The largest absolute Gasteiger partial charge is 0.142 e. The molecule has 0 fully saturated rings. The molecule has 0 radical (unpaired) electrons. The van der Waals surface area contributed by atoms with Gasteiger partial charge < -0.3 is 0 Å². The van der Waals surface area contributed by atoms with Crippen molar-refractivity contribution >= 4 is 66.6 Å². The first-order chi connectivity index (χ1) is 6.24. The van der Waals surface area contributed by atoms with Gasteiger partial charge in [-0.2, -0.15) is 0 Å². The predicted octanol–water partition coefficient (Wildman–Crippen LogP) is 4.67. The molecule has 1 heterocycles. The average Bonchev–Trinajstić information content (AvgIpc) is 2.51. The monoisotopic (exact) mass is 414 g/mol. The molecule has 0 N–H and O–H groups in total. The van der Waals surface area contributed by atoms with Crippen LogP contribution in [0.4, 0.5) is 0 Å². The number of fused-ring (bicyclic) bond motifs is 1. The third kappa shape index (κ3) is 1.74. The summed E-state index contributed by atoms with van der Waals surface area (Å²) in [5, 5.41) is 3.71. The Hall–Kier alpha value is 0.640. The van der Waals surface area contributed by atoms with Gasteiger partial charge in [-0.3, -0.25) is 0 Å². The van der Waals surface area contributed by atoms with E-state index in [9.17, 15) is 0 Å². The van der Waals surface area contributed by atoms with Crippen LogP contribution in [-0.2, 0) is 6.42 Å². The third-order valence-electron chi connectivity index (χ3n) is 2.10. The molecule has 0 aliphatic heterocycles. The van der Waals surface area contributed by atoms with Crippen LogP contribution in [0.15, 0.2) is 17.5 Å². The fourth-order valence-corrected chi connectivity index (χ4v) is 4.33. The maximum absolute atomic E-state index is 2.43. The van der Waals surface area contributed by atoms with E-state index in [1.165, 1.54) is 22.8 Å². The lowest BCUT2D eigenvalue weighted by molar-refractivity contribution is 1.16. The summed E-state index contributed by atoms with van der Waals surface area (Å²) in [5.41, 5.74) is 1.47. The van der Waals surface area contributed by atoms with Gasteiger partial charge in [0.1, 0.15) is 0 Å². The van der Waals surface area contributed by atoms with Crippen LogP contribution in [0.2, 0.25) is 0 Å². The van der Waals surface area contributed by atoms with E-state index in [0.717, 1.165) is 6.42 Å². The van der Waals surface area contributed by atoms with Crippen LogP contribution < -0.4 is 0 Å². The Kier molecular flexibility index (Phi) is 3.14. The molecule has 0 spiro atoms. The van der Waals surface area contributed by atoms with Gasteiger partial charge >= 0.3 is 0 Å². The van der Waals surface area contributed by atoms with E-state index in [-0.39, 0.29) is 0 Å². The lowest BCUT2D eigenvalue weighted by atomic mass is 10.1. The van der Waals surface area contributed by atoms with Gasteiger partial charge in [-0.05, 0) is 63.2 Å². The van der Waals surface area contributed by atoms with Crippen molar-refractivity contribution in [2.45, 2.75) is 13.3 Å². The van der Waals surface area contributed by atoms with Crippen LogP contribution >= 0.6 is 56.5 Å². The van der Waals surface area contributed by atoms with E-state index in [0.29, 0.717) is 0 Å². The second-order valence-corrected chi connectivity index (χ2v) is 6.05. The first kappa shape index (κ1) is 10.2. The molecule has 68 valence electrons. The standard InChI is InChI=1S/C10H8I2S/c1-2-6-3-4-7(11)10-9(6)8(12)5-13-10/h3-5H,2H2,1H3. The van der Waals surface area contributed by atoms with Crippen molar-refractivity contribution in [3.05, 3.63) is 30.2 Å². The Labute approximate surface area is 109 Å². The average molecular weight is 414 g/mol. The lowest BCUT2D eigenvalue weighted by Gasteiger charge is -2.01. The highest BCUT2D eigenvalue weighted by Gasteiger charge is 2.08. The van der Waals surface area contributed by atoms with Gasteiger partial charge in [0.15, 0.2) is 0 Å². The van der Waals surface area contributed by atoms with Crippen LogP contribution in [0.3, 0.4) is 0 Å². The zero-order valence-corrected chi connectivity index (χ0v) is 12.2. The summed E-state index contributed by atoms with van der Waals surface area (Å²) in [7, 11) is 0. The van der Waals surface area contributed by atoms with E-state index < -0.39 is 0 Å². The minimum Gasteiger partial charge on any atom is -0.142 e. The maximum Gasteiger partial charge on any atom is 0.0489 e.